The zero-order chi connectivity index (χ0) is 21.1. The van der Waals surface area contributed by atoms with Crippen LogP contribution in [-0.2, 0) is 16.1 Å². The van der Waals surface area contributed by atoms with Gasteiger partial charge < -0.3 is 19.5 Å². The molecule has 1 aliphatic rings. The molecule has 8 heteroatoms. The van der Waals surface area contributed by atoms with E-state index in [2.05, 4.69) is 10.5 Å². The van der Waals surface area contributed by atoms with Gasteiger partial charge in [0.15, 0.2) is 5.76 Å². The summed E-state index contributed by atoms with van der Waals surface area (Å²) in [6.45, 7) is 0.414. The van der Waals surface area contributed by atoms with Gasteiger partial charge in [-0.3, -0.25) is 9.59 Å². The molecule has 1 saturated heterocycles. The summed E-state index contributed by atoms with van der Waals surface area (Å²) in [6, 6.07) is 15.0. The van der Waals surface area contributed by atoms with Crippen molar-refractivity contribution in [2.75, 3.05) is 18.6 Å². The molecule has 0 spiro atoms. The fraction of sp³-hybridized carbons (Fsp3) is 0.227. The standard InChI is InChI=1S/C22H20FN3O4/c1-29-17-6-4-5-16(11-17)26-13-14(9-21(26)27)22(28)24-12-15-10-20(30-25-15)18-7-2-3-8-19(18)23/h2-8,10-11,14H,9,12-13H2,1H3,(H,24,28). The molecule has 154 valence electrons. The number of aromatic nitrogens is 1. The lowest BCUT2D eigenvalue weighted by Gasteiger charge is -2.17. The normalized spacial score (nSPS) is 16.0. The number of ether oxygens (including phenoxy) is 1. The molecule has 0 aliphatic carbocycles. The van der Waals surface area contributed by atoms with E-state index in [1.807, 2.05) is 0 Å². The van der Waals surface area contributed by atoms with E-state index in [1.165, 1.54) is 6.07 Å². The van der Waals surface area contributed by atoms with Gasteiger partial charge in [-0.25, -0.2) is 4.39 Å². The molecule has 1 N–H and O–H groups in total. The maximum Gasteiger partial charge on any atom is 0.227 e. The summed E-state index contributed by atoms with van der Waals surface area (Å²) in [6.07, 6.45) is 0.127. The Balaban J connectivity index is 1.37. The Kier molecular flexibility index (Phi) is 5.47. The van der Waals surface area contributed by atoms with Gasteiger partial charge in [-0.2, -0.15) is 0 Å². The molecule has 0 radical (unpaired) electrons. The van der Waals surface area contributed by atoms with E-state index in [9.17, 15) is 14.0 Å². The number of amides is 2. The number of carbonyl (C=O) groups excluding carboxylic acids is 2. The Morgan fingerprint density at radius 1 is 1.27 bits per heavy atom. The van der Waals surface area contributed by atoms with Crippen LogP contribution in [0.1, 0.15) is 12.1 Å². The van der Waals surface area contributed by atoms with Crippen molar-refractivity contribution in [1.82, 2.24) is 10.5 Å². The fourth-order valence-electron chi connectivity index (χ4n) is 3.42. The van der Waals surface area contributed by atoms with Crippen LogP contribution >= 0.6 is 0 Å². The average molecular weight is 409 g/mol. The van der Waals surface area contributed by atoms with E-state index < -0.39 is 11.7 Å². The monoisotopic (exact) mass is 409 g/mol. The molecule has 4 rings (SSSR count). The highest BCUT2D eigenvalue weighted by Gasteiger charge is 2.35. The van der Waals surface area contributed by atoms with Gasteiger partial charge in [0, 0.05) is 30.8 Å². The molecule has 1 aromatic heterocycles. The Hall–Kier alpha value is -3.68. The summed E-state index contributed by atoms with van der Waals surface area (Å²) in [5, 5.41) is 6.66. The van der Waals surface area contributed by atoms with Crippen molar-refractivity contribution in [3.63, 3.8) is 0 Å². The first-order valence-electron chi connectivity index (χ1n) is 9.48. The number of rotatable bonds is 6. The smallest absolute Gasteiger partial charge is 0.227 e. The van der Waals surface area contributed by atoms with Gasteiger partial charge in [-0.15, -0.1) is 0 Å². The van der Waals surface area contributed by atoms with Crippen LogP contribution < -0.4 is 15.0 Å². The number of carbonyl (C=O) groups is 2. The van der Waals surface area contributed by atoms with Crippen molar-refractivity contribution in [3.05, 3.63) is 66.1 Å². The minimum atomic E-state index is -0.471. The van der Waals surface area contributed by atoms with E-state index in [-0.39, 0.29) is 37.1 Å². The highest BCUT2D eigenvalue weighted by Crippen LogP contribution is 2.28. The number of nitrogens with one attached hydrogen (secondary N) is 1. The predicted octanol–water partition coefficient (Wildman–Crippen LogP) is 3.16. The zero-order valence-electron chi connectivity index (χ0n) is 16.3. The van der Waals surface area contributed by atoms with Crippen molar-refractivity contribution in [3.8, 4) is 17.1 Å². The third-order valence-electron chi connectivity index (χ3n) is 5.00. The first-order chi connectivity index (χ1) is 14.5. The summed E-state index contributed by atoms with van der Waals surface area (Å²) in [4.78, 5) is 26.5. The maximum absolute atomic E-state index is 13.9. The number of nitrogens with zero attached hydrogens (tertiary/aromatic N) is 2. The molecular weight excluding hydrogens is 389 g/mol. The van der Waals surface area contributed by atoms with Crippen LogP contribution in [0.4, 0.5) is 10.1 Å². The first-order valence-corrected chi connectivity index (χ1v) is 9.48. The average Bonchev–Trinajstić information content (AvgIpc) is 3.39. The summed E-state index contributed by atoms with van der Waals surface area (Å²) in [5.74, 6) is -0.314. The van der Waals surface area contributed by atoms with Gasteiger partial charge >= 0.3 is 0 Å². The second-order valence-electron chi connectivity index (χ2n) is 6.99. The molecule has 0 saturated carbocycles. The second-order valence-corrected chi connectivity index (χ2v) is 6.99. The number of anilines is 1. The van der Waals surface area contributed by atoms with Crippen LogP contribution in [0.3, 0.4) is 0 Å². The van der Waals surface area contributed by atoms with E-state index in [1.54, 1.807) is 60.5 Å². The summed E-state index contributed by atoms with van der Waals surface area (Å²) >= 11 is 0. The molecule has 1 atom stereocenters. The maximum atomic E-state index is 13.9. The Morgan fingerprint density at radius 2 is 2.10 bits per heavy atom. The molecule has 1 aliphatic heterocycles. The number of hydrogen-bond acceptors (Lipinski definition) is 5. The highest BCUT2D eigenvalue weighted by atomic mass is 19.1. The number of methoxy groups -OCH3 is 1. The first kappa shape index (κ1) is 19.6. The zero-order valence-corrected chi connectivity index (χ0v) is 16.3. The number of hydrogen-bond donors (Lipinski definition) is 1. The lowest BCUT2D eigenvalue weighted by molar-refractivity contribution is -0.126. The minimum absolute atomic E-state index is 0.119. The van der Waals surface area contributed by atoms with Gasteiger partial charge in [0.05, 0.1) is 25.1 Å². The second kappa shape index (κ2) is 8.36. The molecule has 3 aromatic rings. The summed E-state index contributed by atoms with van der Waals surface area (Å²) in [5.41, 5.74) is 1.47. The van der Waals surface area contributed by atoms with Crippen LogP contribution in [0.25, 0.3) is 11.3 Å². The number of benzene rings is 2. The lowest BCUT2D eigenvalue weighted by atomic mass is 10.1. The third-order valence-corrected chi connectivity index (χ3v) is 5.00. The van der Waals surface area contributed by atoms with Crippen molar-refractivity contribution in [2.45, 2.75) is 13.0 Å². The minimum Gasteiger partial charge on any atom is -0.497 e. The molecular formula is C22H20FN3O4. The van der Waals surface area contributed by atoms with Gasteiger partial charge in [0.2, 0.25) is 11.8 Å². The van der Waals surface area contributed by atoms with Crippen LogP contribution in [0.2, 0.25) is 0 Å². The topological polar surface area (TPSA) is 84.7 Å². The van der Waals surface area contributed by atoms with Gasteiger partial charge in [0.1, 0.15) is 17.3 Å². The van der Waals surface area contributed by atoms with Gasteiger partial charge in [-0.1, -0.05) is 23.4 Å². The van der Waals surface area contributed by atoms with Gasteiger partial charge in [-0.05, 0) is 24.3 Å². The Morgan fingerprint density at radius 3 is 2.90 bits per heavy atom. The fourth-order valence-corrected chi connectivity index (χ4v) is 3.42. The molecule has 1 unspecified atom stereocenters. The van der Waals surface area contributed by atoms with Crippen LogP contribution in [-0.4, -0.2) is 30.6 Å². The molecule has 2 aromatic carbocycles. The number of halogens is 1. The Bertz CT molecular complexity index is 1080. The van der Waals surface area contributed by atoms with Crippen LogP contribution in [0.15, 0.2) is 59.1 Å². The van der Waals surface area contributed by atoms with E-state index in [0.29, 0.717) is 22.7 Å². The van der Waals surface area contributed by atoms with Crippen LogP contribution in [0.5, 0.6) is 5.75 Å². The molecule has 7 nitrogen and oxygen atoms in total. The molecule has 30 heavy (non-hydrogen) atoms. The highest BCUT2D eigenvalue weighted by molar-refractivity contribution is 6.00. The predicted molar refractivity (Wildman–Crippen MR) is 107 cm³/mol. The van der Waals surface area contributed by atoms with E-state index >= 15 is 0 Å². The van der Waals surface area contributed by atoms with Crippen molar-refractivity contribution >= 4 is 17.5 Å². The molecule has 1 fully saturated rings. The van der Waals surface area contributed by atoms with Crippen molar-refractivity contribution in [2.24, 2.45) is 5.92 Å². The van der Waals surface area contributed by atoms with Crippen molar-refractivity contribution in [1.29, 1.82) is 0 Å². The third kappa shape index (κ3) is 4.03. The van der Waals surface area contributed by atoms with E-state index in [4.69, 9.17) is 9.26 Å². The molecule has 2 heterocycles. The molecule has 0 bridgehead atoms. The lowest BCUT2D eigenvalue weighted by Crippen LogP contribution is -2.32. The molecule has 2 amide bonds. The van der Waals surface area contributed by atoms with E-state index in [0.717, 1.165) is 0 Å². The van der Waals surface area contributed by atoms with Crippen molar-refractivity contribution < 1.29 is 23.2 Å². The van der Waals surface area contributed by atoms with Gasteiger partial charge in [0.25, 0.3) is 0 Å². The SMILES string of the molecule is COc1cccc(N2CC(C(=O)NCc3cc(-c4ccccc4F)on3)CC2=O)c1. The largest absolute Gasteiger partial charge is 0.497 e. The summed E-state index contributed by atoms with van der Waals surface area (Å²) < 4.78 is 24.2. The Labute approximate surface area is 172 Å². The summed E-state index contributed by atoms with van der Waals surface area (Å²) in [7, 11) is 1.56. The quantitative estimate of drug-likeness (QED) is 0.676. The van der Waals surface area contributed by atoms with Crippen LogP contribution in [0, 0.1) is 11.7 Å².